The average molecular weight is 611 g/mol. The second kappa shape index (κ2) is 16.3. The van der Waals surface area contributed by atoms with Crippen molar-refractivity contribution in [2.75, 3.05) is 31.6 Å². The van der Waals surface area contributed by atoms with Gasteiger partial charge in [-0.2, -0.15) is 0 Å². The van der Waals surface area contributed by atoms with Crippen molar-refractivity contribution in [2.24, 2.45) is 5.92 Å². The van der Waals surface area contributed by atoms with Gasteiger partial charge < -0.3 is 19.5 Å². The molecule has 0 unspecified atom stereocenters. The molecule has 1 N–H and O–H groups in total. The smallest absolute Gasteiger partial charge is 0.311 e. The number of hydrogen-bond donors (Lipinski definition) is 1. The normalized spacial score (nSPS) is 20.4. The van der Waals surface area contributed by atoms with Crippen LogP contribution >= 0.6 is 0 Å². The molecule has 0 spiro atoms. The summed E-state index contributed by atoms with van der Waals surface area (Å²) in [5.41, 5.74) is 4.08. The lowest BCUT2D eigenvalue weighted by Gasteiger charge is -2.35. The lowest BCUT2D eigenvalue weighted by atomic mass is 9.93. The summed E-state index contributed by atoms with van der Waals surface area (Å²) >= 11 is 0. The monoisotopic (exact) mass is 610 g/mol. The van der Waals surface area contributed by atoms with Crippen LogP contribution in [0.25, 0.3) is 11.1 Å². The van der Waals surface area contributed by atoms with Gasteiger partial charge in [0.1, 0.15) is 5.75 Å². The Morgan fingerprint density at radius 2 is 1.60 bits per heavy atom. The Morgan fingerprint density at radius 1 is 0.911 bits per heavy atom. The molecule has 1 amide bonds. The van der Waals surface area contributed by atoms with Crippen LogP contribution in [0.5, 0.6) is 5.75 Å². The number of benzene rings is 3. The highest BCUT2D eigenvalue weighted by molar-refractivity contribution is 5.88. The molecule has 1 saturated heterocycles. The van der Waals surface area contributed by atoms with Crippen molar-refractivity contribution in [3.8, 4) is 16.9 Å². The van der Waals surface area contributed by atoms with E-state index >= 15 is 0 Å². The van der Waals surface area contributed by atoms with Gasteiger partial charge in [0, 0.05) is 44.5 Å². The number of nitrogens with zero attached hydrogens (tertiary/aromatic N) is 1. The summed E-state index contributed by atoms with van der Waals surface area (Å²) < 4.78 is 17.4. The third-order valence-corrected chi connectivity index (χ3v) is 8.33. The quantitative estimate of drug-likeness (QED) is 0.140. The number of anilines is 1. The number of rotatable bonds is 13. The van der Waals surface area contributed by atoms with E-state index in [1.807, 2.05) is 24.3 Å². The van der Waals surface area contributed by atoms with Gasteiger partial charge in [0.25, 0.3) is 0 Å². The summed E-state index contributed by atoms with van der Waals surface area (Å²) in [4.78, 5) is 39.0. The van der Waals surface area contributed by atoms with Gasteiger partial charge in [-0.05, 0) is 60.2 Å². The van der Waals surface area contributed by atoms with Gasteiger partial charge in [-0.1, -0.05) is 66.7 Å². The van der Waals surface area contributed by atoms with Crippen molar-refractivity contribution < 1.29 is 28.6 Å². The molecule has 2 fully saturated rings. The van der Waals surface area contributed by atoms with E-state index in [4.69, 9.17) is 14.2 Å². The van der Waals surface area contributed by atoms with E-state index in [1.165, 1.54) is 12.5 Å². The van der Waals surface area contributed by atoms with Crippen LogP contribution in [0, 0.1) is 5.92 Å². The number of esters is 1. The first-order chi connectivity index (χ1) is 22.0. The molecule has 0 bridgehead atoms. The van der Waals surface area contributed by atoms with Gasteiger partial charge in [-0.25, -0.2) is 0 Å². The van der Waals surface area contributed by atoms with Gasteiger partial charge >= 0.3 is 5.97 Å². The molecule has 8 heteroatoms. The third kappa shape index (κ3) is 9.44. The van der Waals surface area contributed by atoms with Crippen LogP contribution in [0.2, 0.25) is 0 Å². The molecule has 2 aliphatic rings. The van der Waals surface area contributed by atoms with Crippen molar-refractivity contribution in [2.45, 2.75) is 57.8 Å². The van der Waals surface area contributed by atoms with Gasteiger partial charge in [0.2, 0.25) is 5.91 Å². The minimum absolute atomic E-state index is 0.0919. The Hall–Kier alpha value is -4.11. The molecule has 45 heavy (non-hydrogen) atoms. The molecule has 3 aromatic carbocycles. The summed E-state index contributed by atoms with van der Waals surface area (Å²) in [6.07, 6.45) is 6.84. The van der Waals surface area contributed by atoms with E-state index in [2.05, 4.69) is 52.7 Å². The summed E-state index contributed by atoms with van der Waals surface area (Å²) in [6.45, 7) is 4.71. The standard InChI is InChI=1S/C37H42N2O6/c1-27(40)38-31-17-19-32(20-18-31)45-36(42)12-8-3-2-7-11-33-35(25-34(41)37(33)39-21-23-43-24-22-39)44-26-28-13-15-30(16-14-28)29-9-5-4-6-10-29/h2-6,9-10,13-20,33,35,37H,7-8,11-12,21-26H2,1H3,(H,38,40)/t33-,35-,37+/m1/s1. The predicted octanol–water partition coefficient (Wildman–Crippen LogP) is 6.21. The molecule has 5 rings (SSSR count). The minimum Gasteiger partial charge on any atom is -0.427 e. The number of ether oxygens (including phenoxy) is 3. The van der Waals surface area contributed by atoms with Crippen LogP contribution in [0.1, 0.15) is 44.6 Å². The molecule has 1 aliphatic carbocycles. The number of carbonyl (C=O) groups excluding carboxylic acids is 3. The SMILES string of the molecule is CC(=O)Nc1ccc(OC(=O)CCC=CCC[C@H]2[C@H](N3CCOCC3)C(=O)C[C@H]2OCc2ccc(-c3ccccc3)cc2)cc1. The number of amides is 1. The second-order valence-electron chi connectivity index (χ2n) is 11.6. The summed E-state index contributed by atoms with van der Waals surface area (Å²) in [5, 5.41) is 2.68. The van der Waals surface area contributed by atoms with Crippen molar-refractivity contribution in [3.05, 3.63) is 96.6 Å². The number of nitrogens with one attached hydrogen (secondary N) is 1. The molecular weight excluding hydrogens is 568 g/mol. The van der Waals surface area contributed by atoms with Crippen LogP contribution in [-0.2, 0) is 30.5 Å². The van der Waals surface area contributed by atoms with Crippen molar-refractivity contribution in [1.82, 2.24) is 4.90 Å². The average Bonchev–Trinajstić information content (AvgIpc) is 3.37. The molecule has 3 atom stereocenters. The lowest BCUT2D eigenvalue weighted by molar-refractivity contribution is -0.134. The van der Waals surface area contributed by atoms with Gasteiger partial charge in [0.05, 0.1) is 32.0 Å². The Labute approximate surface area is 265 Å². The van der Waals surface area contributed by atoms with Gasteiger partial charge in [-0.15, -0.1) is 0 Å². The number of carbonyl (C=O) groups is 3. The summed E-state index contributed by atoms with van der Waals surface area (Å²) in [5.74, 6) is 0.315. The van der Waals surface area contributed by atoms with Crippen molar-refractivity contribution in [3.63, 3.8) is 0 Å². The number of morpholine rings is 1. The Morgan fingerprint density at radius 3 is 2.31 bits per heavy atom. The van der Waals surface area contributed by atoms with E-state index in [-0.39, 0.29) is 42.1 Å². The highest BCUT2D eigenvalue weighted by Crippen LogP contribution is 2.35. The van der Waals surface area contributed by atoms with E-state index in [9.17, 15) is 14.4 Å². The molecule has 8 nitrogen and oxygen atoms in total. The molecule has 0 radical (unpaired) electrons. The van der Waals surface area contributed by atoms with Crippen molar-refractivity contribution in [1.29, 1.82) is 0 Å². The molecule has 1 saturated carbocycles. The van der Waals surface area contributed by atoms with Crippen LogP contribution in [0.15, 0.2) is 91.0 Å². The van der Waals surface area contributed by atoms with E-state index in [1.54, 1.807) is 24.3 Å². The van der Waals surface area contributed by atoms with Crippen LogP contribution in [-0.4, -0.2) is 61.0 Å². The highest BCUT2D eigenvalue weighted by atomic mass is 16.5. The van der Waals surface area contributed by atoms with Gasteiger partial charge in [0.15, 0.2) is 5.78 Å². The second-order valence-corrected chi connectivity index (χ2v) is 11.6. The van der Waals surface area contributed by atoms with Gasteiger partial charge in [-0.3, -0.25) is 19.3 Å². The fourth-order valence-corrected chi connectivity index (χ4v) is 6.11. The number of Topliss-reactive ketones (excluding diaryl/α,β-unsaturated/α-hetero) is 1. The van der Waals surface area contributed by atoms with Crippen LogP contribution in [0.3, 0.4) is 0 Å². The molecule has 1 heterocycles. The topological polar surface area (TPSA) is 94.2 Å². The van der Waals surface area contributed by atoms with Crippen molar-refractivity contribution >= 4 is 23.3 Å². The van der Waals surface area contributed by atoms with E-state index in [0.717, 1.165) is 37.1 Å². The highest BCUT2D eigenvalue weighted by Gasteiger charge is 2.45. The maximum atomic E-state index is 13.3. The zero-order chi connectivity index (χ0) is 31.4. The van der Waals surface area contributed by atoms with E-state index < -0.39 is 0 Å². The Bertz CT molecular complexity index is 1430. The summed E-state index contributed by atoms with van der Waals surface area (Å²) in [7, 11) is 0. The predicted molar refractivity (Wildman–Crippen MR) is 174 cm³/mol. The minimum atomic E-state index is -0.314. The van der Waals surface area contributed by atoms with Crippen LogP contribution in [0.4, 0.5) is 5.69 Å². The first-order valence-corrected chi connectivity index (χ1v) is 15.8. The first-order valence-electron chi connectivity index (χ1n) is 15.8. The fourth-order valence-electron chi connectivity index (χ4n) is 6.11. The number of allylic oxidation sites excluding steroid dienone is 2. The Balaban J connectivity index is 1.12. The fraction of sp³-hybridized carbons (Fsp3) is 0.378. The first kappa shape index (κ1) is 32.3. The maximum absolute atomic E-state index is 13.3. The largest absolute Gasteiger partial charge is 0.427 e. The lowest BCUT2D eigenvalue weighted by Crippen LogP contribution is -2.49. The Kier molecular flexibility index (Phi) is 11.7. The summed E-state index contributed by atoms with van der Waals surface area (Å²) in [6, 6.07) is 25.3. The molecule has 0 aromatic heterocycles. The zero-order valence-electron chi connectivity index (χ0n) is 25.9. The molecule has 3 aromatic rings. The molecular formula is C37H42N2O6. The maximum Gasteiger partial charge on any atom is 0.311 e. The van der Waals surface area contributed by atoms with Crippen LogP contribution < -0.4 is 10.1 Å². The number of ketones is 1. The zero-order valence-corrected chi connectivity index (χ0v) is 25.9. The molecule has 1 aliphatic heterocycles. The molecule has 236 valence electrons. The number of hydrogen-bond acceptors (Lipinski definition) is 7. The third-order valence-electron chi connectivity index (χ3n) is 8.33. The van der Waals surface area contributed by atoms with E-state index in [0.29, 0.717) is 44.1 Å².